The predicted molar refractivity (Wildman–Crippen MR) is 84.8 cm³/mol. The Bertz CT molecular complexity index is 769. The fourth-order valence-corrected chi connectivity index (χ4v) is 3.82. The molecule has 0 saturated carbocycles. The number of aryl methyl sites for hydroxylation is 1. The summed E-state index contributed by atoms with van der Waals surface area (Å²) in [5.41, 5.74) is 2.78. The van der Waals surface area contributed by atoms with Crippen LogP contribution < -0.4 is 0 Å². The van der Waals surface area contributed by atoms with E-state index in [9.17, 15) is 8.42 Å². The Morgan fingerprint density at radius 2 is 2.14 bits per heavy atom. The van der Waals surface area contributed by atoms with Gasteiger partial charge in [-0.05, 0) is 25.0 Å². The Morgan fingerprint density at radius 3 is 2.82 bits per heavy atom. The summed E-state index contributed by atoms with van der Waals surface area (Å²) in [7, 11) is -1.20. The van der Waals surface area contributed by atoms with E-state index in [0.717, 1.165) is 29.9 Å². The van der Waals surface area contributed by atoms with Gasteiger partial charge in [0.2, 0.25) is 10.0 Å². The van der Waals surface area contributed by atoms with Crippen molar-refractivity contribution in [1.82, 2.24) is 18.8 Å². The number of hydrogen-bond acceptors (Lipinski definition) is 4. The molecule has 1 aliphatic heterocycles. The standard InChI is InChI=1S/C15H20N4O2S/c1-18-11-16-9-15(18)14-7-3-6-13(17-14)12-5-4-8-19(10-12)22(2,20)21/h3,6-7,9,11-12H,4-5,8,10H2,1-2H3/t12-/m1/s1. The Kier molecular flexibility index (Phi) is 4.01. The largest absolute Gasteiger partial charge is 0.332 e. The van der Waals surface area contributed by atoms with Crippen LogP contribution >= 0.6 is 0 Å². The van der Waals surface area contributed by atoms with Crippen molar-refractivity contribution in [1.29, 1.82) is 0 Å². The lowest BCUT2D eigenvalue weighted by atomic mass is 9.95. The molecule has 1 fully saturated rings. The van der Waals surface area contributed by atoms with Crippen molar-refractivity contribution >= 4 is 10.0 Å². The molecule has 0 N–H and O–H groups in total. The molecule has 0 aliphatic carbocycles. The average Bonchev–Trinajstić information content (AvgIpc) is 2.93. The molecule has 7 heteroatoms. The Morgan fingerprint density at radius 1 is 1.32 bits per heavy atom. The van der Waals surface area contributed by atoms with Gasteiger partial charge >= 0.3 is 0 Å². The molecule has 22 heavy (non-hydrogen) atoms. The van der Waals surface area contributed by atoms with Crippen molar-refractivity contribution in [2.24, 2.45) is 7.05 Å². The van der Waals surface area contributed by atoms with Crippen LogP contribution in [0.4, 0.5) is 0 Å². The van der Waals surface area contributed by atoms with E-state index in [0.29, 0.717) is 13.1 Å². The van der Waals surface area contributed by atoms with Crippen LogP contribution in [0.5, 0.6) is 0 Å². The minimum absolute atomic E-state index is 0.150. The van der Waals surface area contributed by atoms with E-state index < -0.39 is 10.0 Å². The molecular weight excluding hydrogens is 300 g/mol. The molecular formula is C15H20N4O2S. The van der Waals surface area contributed by atoms with Crippen molar-refractivity contribution < 1.29 is 8.42 Å². The van der Waals surface area contributed by atoms with Crippen molar-refractivity contribution in [3.63, 3.8) is 0 Å². The van der Waals surface area contributed by atoms with E-state index in [1.54, 1.807) is 16.8 Å². The Labute approximate surface area is 130 Å². The molecule has 1 atom stereocenters. The fraction of sp³-hybridized carbons (Fsp3) is 0.467. The Balaban J connectivity index is 1.88. The van der Waals surface area contributed by atoms with E-state index in [4.69, 9.17) is 4.98 Å². The molecule has 0 bridgehead atoms. The van der Waals surface area contributed by atoms with Gasteiger partial charge in [-0.3, -0.25) is 4.98 Å². The van der Waals surface area contributed by atoms with Crippen molar-refractivity contribution in [2.75, 3.05) is 19.3 Å². The zero-order valence-electron chi connectivity index (χ0n) is 12.8. The predicted octanol–water partition coefficient (Wildman–Crippen LogP) is 1.62. The van der Waals surface area contributed by atoms with Gasteiger partial charge in [-0.15, -0.1) is 0 Å². The molecule has 3 rings (SSSR count). The molecule has 6 nitrogen and oxygen atoms in total. The normalized spacial score (nSPS) is 20.2. The van der Waals surface area contributed by atoms with Gasteiger partial charge in [-0.1, -0.05) is 6.07 Å². The van der Waals surface area contributed by atoms with E-state index in [1.165, 1.54) is 6.26 Å². The summed E-state index contributed by atoms with van der Waals surface area (Å²) < 4.78 is 27.0. The van der Waals surface area contributed by atoms with Crippen LogP contribution in [0.15, 0.2) is 30.7 Å². The lowest BCUT2D eigenvalue weighted by molar-refractivity contribution is 0.314. The van der Waals surface area contributed by atoms with Crippen LogP contribution in [0.2, 0.25) is 0 Å². The third kappa shape index (κ3) is 3.05. The van der Waals surface area contributed by atoms with Gasteiger partial charge in [0.1, 0.15) is 0 Å². The topological polar surface area (TPSA) is 68.1 Å². The first-order valence-corrected chi connectivity index (χ1v) is 9.19. The number of aromatic nitrogens is 3. The van der Waals surface area contributed by atoms with Gasteiger partial charge < -0.3 is 4.57 Å². The van der Waals surface area contributed by atoms with E-state index >= 15 is 0 Å². The van der Waals surface area contributed by atoms with Crippen LogP contribution in [-0.4, -0.2) is 46.6 Å². The second-order valence-electron chi connectivity index (χ2n) is 5.80. The minimum atomic E-state index is -3.14. The second kappa shape index (κ2) is 5.81. The monoisotopic (exact) mass is 320 g/mol. The fourth-order valence-electron chi connectivity index (χ4n) is 2.91. The summed E-state index contributed by atoms with van der Waals surface area (Å²) in [6.45, 7) is 1.12. The number of piperidine rings is 1. The zero-order chi connectivity index (χ0) is 15.7. The highest BCUT2D eigenvalue weighted by Crippen LogP contribution is 2.28. The van der Waals surface area contributed by atoms with Gasteiger partial charge in [-0.25, -0.2) is 17.7 Å². The van der Waals surface area contributed by atoms with Gasteiger partial charge in [0.05, 0.1) is 30.2 Å². The molecule has 3 heterocycles. The van der Waals surface area contributed by atoms with Crippen LogP contribution in [-0.2, 0) is 17.1 Å². The van der Waals surface area contributed by atoms with Crippen LogP contribution in [0.25, 0.3) is 11.4 Å². The molecule has 118 valence electrons. The molecule has 0 radical (unpaired) electrons. The number of pyridine rings is 1. The average molecular weight is 320 g/mol. The third-order valence-electron chi connectivity index (χ3n) is 4.12. The van der Waals surface area contributed by atoms with Gasteiger partial charge in [0, 0.05) is 31.7 Å². The molecule has 0 unspecified atom stereocenters. The number of hydrogen-bond donors (Lipinski definition) is 0. The maximum absolute atomic E-state index is 11.8. The SMILES string of the molecule is Cn1cncc1-c1cccc([C@@H]2CCCN(S(C)(=O)=O)C2)n1. The lowest BCUT2D eigenvalue weighted by Gasteiger charge is -2.30. The Hall–Kier alpha value is -1.73. The molecule has 0 spiro atoms. The van der Waals surface area contributed by atoms with Crippen LogP contribution in [0.3, 0.4) is 0 Å². The number of rotatable bonds is 3. The number of sulfonamides is 1. The number of nitrogens with zero attached hydrogens (tertiary/aromatic N) is 4. The molecule has 0 aromatic carbocycles. The minimum Gasteiger partial charge on any atom is -0.332 e. The number of imidazole rings is 1. The smallest absolute Gasteiger partial charge is 0.211 e. The highest BCUT2D eigenvalue weighted by Gasteiger charge is 2.27. The first-order valence-electron chi connectivity index (χ1n) is 7.34. The van der Waals surface area contributed by atoms with Gasteiger partial charge in [-0.2, -0.15) is 0 Å². The van der Waals surface area contributed by atoms with Crippen LogP contribution in [0, 0.1) is 0 Å². The van der Waals surface area contributed by atoms with Gasteiger partial charge in [0.25, 0.3) is 0 Å². The maximum Gasteiger partial charge on any atom is 0.211 e. The quantitative estimate of drug-likeness (QED) is 0.862. The molecule has 0 amide bonds. The maximum atomic E-state index is 11.8. The summed E-state index contributed by atoms with van der Waals surface area (Å²) in [6, 6.07) is 5.91. The molecule has 1 aliphatic rings. The highest BCUT2D eigenvalue weighted by molar-refractivity contribution is 7.88. The van der Waals surface area contributed by atoms with E-state index in [2.05, 4.69) is 4.98 Å². The summed E-state index contributed by atoms with van der Waals surface area (Å²) >= 11 is 0. The van der Waals surface area contributed by atoms with Crippen LogP contribution in [0.1, 0.15) is 24.5 Å². The van der Waals surface area contributed by atoms with Crippen molar-refractivity contribution in [3.8, 4) is 11.4 Å². The lowest BCUT2D eigenvalue weighted by Crippen LogP contribution is -2.38. The second-order valence-corrected chi connectivity index (χ2v) is 7.78. The van der Waals surface area contributed by atoms with Gasteiger partial charge in [0.15, 0.2) is 0 Å². The molecule has 1 saturated heterocycles. The summed E-state index contributed by atoms with van der Waals surface area (Å²) in [6.07, 6.45) is 6.64. The molecule has 2 aromatic heterocycles. The van der Waals surface area contributed by atoms with Crippen molar-refractivity contribution in [3.05, 3.63) is 36.4 Å². The first kappa shape index (κ1) is 15.2. The molecule has 2 aromatic rings. The van der Waals surface area contributed by atoms with E-state index in [1.807, 2.05) is 29.8 Å². The summed E-state index contributed by atoms with van der Waals surface area (Å²) in [4.78, 5) is 8.85. The van der Waals surface area contributed by atoms with Crippen molar-refractivity contribution in [2.45, 2.75) is 18.8 Å². The summed E-state index contributed by atoms with van der Waals surface area (Å²) in [5.74, 6) is 0.150. The first-order chi connectivity index (χ1) is 10.4. The highest BCUT2D eigenvalue weighted by atomic mass is 32.2. The summed E-state index contributed by atoms with van der Waals surface area (Å²) in [5, 5.41) is 0. The zero-order valence-corrected chi connectivity index (χ0v) is 13.6. The third-order valence-corrected chi connectivity index (χ3v) is 5.39. The van der Waals surface area contributed by atoms with E-state index in [-0.39, 0.29) is 5.92 Å².